The predicted octanol–water partition coefficient (Wildman–Crippen LogP) is 4.85. The van der Waals surface area contributed by atoms with Gasteiger partial charge in [0.1, 0.15) is 0 Å². The predicted molar refractivity (Wildman–Crippen MR) is 88.6 cm³/mol. The number of aromatic nitrogens is 2. The molecule has 5 heteroatoms. The molecule has 0 aliphatic carbocycles. The summed E-state index contributed by atoms with van der Waals surface area (Å²) in [5.74, 6) is -0.275. The van der Waals surface area contributed by atoms with Gasteiger partial charge in [-0.2, -0.15) is 5.10 Å². The lowest BCUT2D eigenvalue weighted by Gasteiger charge is -2.03. The van der Waals surface area contributed by atoms with Crippen molar-refractivity contribution in [2.75, 3.05) is 0 Å². The van der Waals surface area contributed by atoms with E-state index in [2.05, 4.69) is 5.10 Å². The second-order valence-electron chi connectivity index (χ2n) is 4.97. The third kappa shape index (κ3) is 3.06. The molecule has 0 saturated carbocycles. The fourth-order valence-electron chi connectivity index (χ4n) is 2.12. The first-order chi connectivity index (χ1) is 10.5. The van der Waals surface area contributed by atoms with Crippen LogP contribution in [0.5, 0.6) is 0 Å². The average molecular weight is 331 g/mol. The van der Waals surface area contributed by atoms with Crippen molar-refractivity contribution in [3.8, 4) is 11.3 Å². The molecule has 1 heterocycles. The second kappa shape index (κ2) is 5.95. The first kappa shape index (κ1) is 14.8. The number of nitrogens with zero attached hydrogens (tertiary/aromatic N) is 2. The van der Waals surface area contributed by atoms with Crippen molar-refractivity contribution >= 4 is 29.1 Å². The van der Waals surface area contributed by atoms with Gasteiger partial charge in [-0.1, -0.05) is 53.0 Å². The van der Waals surface area contributed by atoms with Crippen molar-refractivity contribution in [2.24, 2.45) is 0 Å². The Morgan fingerprint density at radius 2 is 1.64 bits per heavy atom. The summed E-state index contributed by atoms with van der Waals surface area (Å²) in [6.45, 7) is 2.02. The van der Waals surface area contributed by atoms with Crippen LogP contribution < -0.4 is 0 Å². The number of benzene rings is 2. The molecule has 0 aliphatic rings. The number of carbonyl (C=O) groups is 1. The van der Waals surface area contributed by atoms with Gasteiger partial charge in [-0.25, -0.2) is 4.68 Å². The van der Waals surface area contributed by atoms with E-state index in [4.69, 9.17) is 23.2 Å². The van der Waals surface area contributed by atoms with Gasteiger partial charge in [-0.15, -0.1) is 0 Å². The van der Waals surface area contributed by atoms with E-state index in [0.29, 0.717) is 15.6 Å². The fraction of sp³-hybridized carbons (Fsp3) is 0.0588. The van der Waals surface area contributed by atoms with E-state index in [1.165, 1.54) is 10.2 Å². The Kier molecular flexibility index (Phi) is 4.01. The van der Waals surface area contributed by atoms with Gasteiger partial charge < -0.3 is 0 Å². The van der Waals surface area contributed by atoms with E-state index < -0.39 is 0 Å². The van der Waals surface area contributed by atoms with E-state index >= 15 is 0 Å². The number of halogens is 2. The molecule has 0 amide bonds. The molecule has 1 aromatic heterocycles. The first-order valence-corrected chi connectivity index (χ1v) is 7.42. The van der Waals surface area contributed by atoms with E-state index in [-0.39, 0.29) is 5.91 Å². The van der Waals surface area contributed by atoms with Crippen LogP contribution >= 0.6 is 23.2 Å². The van der Waals surface area contributed by atoms with E-state index in [1.807, 2.05) is 31.2 Å². The summed E-state index contributed by atoms with van der Waals surface area (Å²) in [5.41, 5.74) is 3.27. The molecular formula is C17H12Cl2N2O. The van der Waals surface area contributed by atoms with Crippen molar-refractivity contribution in [2.45, 2.75) is 6.92 Å². The molecule has 3 nitrogen and oxygen atoms in total. The molecule has 0 spiro atoms. The monoisotopic (exact) mass is 330 g/mol. The van der Waals surface area contributed by atoms with Crippen LogP contribution in [0.4, 0.5) is 0 Å². The summed E-state index contributed by atoms with van der Waals surface area (Å²) < 4.78 is 1.29. The van der Waals surface area contributed by atoms with Gasteiger partial charge in [-0.3, -0.25) is 4.79 Å². The maximum Gasteiger partial charge on any atom is 0.278 e. The van der Waals surface area contributed by atoms with Crippen LogP contribution in [0.2, 0.25) is 10.0 Å². The molecule has 3 aromatic rings. The molecule has 22 heavy (non-hydrogen) atoms. The van der Waals surface area contributed by atoms with Crippen molar-refractivity contribution in [1.82, 2.24) is 9.78 Å². The van der Waals surface area contributed by atoms with Gasteiger partial charge in [0.2, 0.25) is 0 Å². The van der Waals surface area contributed by atoms with Gasteiger partial charge in [0, 0.05) is 27.4 Å². The van der Waals surface area contributed by atoms with Crippen LogP contribution in [0.1, 0.15) is 15.9 Å². The largest absolute Gasteiger partial charge is 0.278 e. The third-order valence-electron chi connectivity index (χ3n) is 3.25. The van der Waals surface area contributed by atoms with Crippen LogP contribution in [0.15, 0.2) is 54.7 Å². The molecule has 0 radical (unpaired) electrons. The van der Waals surface area contributed by atoms with Gasteiger partial charge >= 0.3 is 0 Å². The van der Waals surface area contributed by atoms with Crippen LogP contribution in [0.3, 0.4) is 0 Å². The number of rotatable bonds is 2. The summed E-state index contributed by atoms with van der Waals surface area (Å²) in [4.78, 5) is 12.4. The zero-order chi connectivity index (χ0) is 15.7. The Labute approximate surface area is 138 Å². The summed E-state index contributed by atoms with van der Waals surface area (Å²) >= 11 is 11.9. The van der Waals surface area contributed by atoms with Gasteiger partial charge in [-0.05, 0) is 31.2 Å². The van der Waals surface area contributed by atoms with Gasteiger partial charge in [0.25, 0.3) is 5.91 Å². The van der Waals surface area contributed by atoms with E-state index in [1.54, 1.807) is 30.5 Å². The molecule has 0 fully saturated rings. The standard InChI is InChI=1S/C17H12Cl2N2O/c1-11-2-4-12(5-3-11)16-6-7-21(20-16)17(22)13-8-14(18)10-15(19)9-13/h2-10H,1H3. The van der Waals surface area contributed by atoms with Crippen LogP contribution in [-0.4, -0.2) is 15.7 Å². The average Bonchev–Trinajstić information content (AvgIpc) is 2.96. The minimum absolute atomic E-state index is 0.275. The lowest BCUT2D eigenvalue weighted by atomic mass is 10.1. The Hall–Kier alpha value is -2.10. The van der Waals surface area contributed by atoms with E-state index in [0.717, 1.165) is 11.3 Å². The quantitative estimate of drug-likeness (QED) is 0.672. The summed E-state index contributed by atoms with van der Waals surface area (Å²) in [6, 6.07) is 14.5. The van der Waals surface area contributed by atoms with Crippen LogP contribution in [0, 0.1) is 6.92 Å². The minimum Gasteiger partial charge on any atom is -0.267 e. The summed E-state index contributed by atoms with van der Waals surface area (Å²) in [5, 5.41) is 5.16. The van der Waals surface area contributed by atoms with Gasteiger partial charge in [0.05, 0.1) is 5.69 Å². The molecule has 110 valence electrons. The normalized spacial score (nSPS) is 10.7. The van der Waals surface area contributed by atoms with E-state index in [9.17, 15) is 4.79 Å². The van der Waals surface area contributed by atoms with Gasteiger partial charge in [0.15, 0.2) is 0 Å². The molecule has 0 N–H and O–H groups in total. The van der Waals surface area contributed by atoms with Crippen LogP contribution in [-0.2, 0) is 0 Å². The topological polar surface area (TPSA) is 34.9 Å². The molecule has 0 atom stereocenters. The second-order valence-corrected chi connectivity index (χ2v) is 5.85. The van der Waals surface area contributed by atoms with Crippen molar-refractivity contribution in [3.05, 3.63) is 75.9 Å². The van der Waals surface area contributed by atoms with Crippen molar-refractivity contribution < 1.29 is 4.79 Å². The molecular weight excluding hydrogens is 319 g/mol. The number of carbonyl (C=O) groups excluding carboxylic acids is 1. The number of aryl methyl sites for hydroxylation is 1. The maximum atomic E-state index is 12.4. The zero-order valence-corrected chi connectivity index (χ0v) is 13.3. The molecule has 0 aliphatic heterocycles. The van der Waals surface area contributed by atoms with Crippen molar-refractivity contribution in [3.63, 3.8) is 0 Å². The molecule has 0 bridgehead atoms. The summed E-state index contributed by atoms with van der Waals surface area (Å²) in [7, 11) is 0. The van der Waals surface area contributed by atoms with Crippen LogP contribution in [0.25, 0.3) is 11.3 Å². The maximum absolute atomic E-state index is 12.4. The smallest absolute Gasteiger partial charge is 0.267 e. The molecule has 2 aromatic carbocycles. The lowest BCUT2D eigenvalue weighted by molar-refractivity contribution is 0.0945. The van der Waals surface area contributed by atoms with Crippen molar-refractivity contribution in [1.29, 1.82) is 0 Å². The zero-order valence-electron chi connectivity index (χ0n) is 11.8. The Balaban J connectivity index is 1.93. The summed E-state index contributed by atoms with van der Waals surface area (Å²) in [6.07, 6.45) is 1.63. The highest BCUT2D eigenvalue weighted by Crippen LogP contribution is 2.21. The number of hydrogen-bond acceptors (Lipinski definition) is 2. The fourth-order valence-corrected chi connectivity index (χ4v) is 2.65. The Morgan fingerprint density at radius 3 is 2.27 bits per heavy atom. The lowest BCUT2D eigenvalue weighted by Crippen LogP contribution is -2.12. The highest BCUT2D eigenvalue weighted by Gasteiger charge is 2.12. The highest BCUT2D eigenvalue weighted by atomic mass is 35.5. The highest BCUT2D eigenvalue weighted by molar-refractivity contribution is 6.35. The molecule has 3 rings (SSSR count). The molecule has 0 saturated heterocycles. The number of hydrogen-bond donors (Lipinski definition) is 0. The Morgan fingerprint density at radius 1 is 1.00 bits per heavy atom. The third-order valence-corrected chi connectivity index (χ3v) is 3.69. The first-order valence-electron chi connectivity index (χ1n) is 6.66. The Bertz CT molecular complexity index is 818. The minimum atomic E-state index is -0.275. The molecule has 0 unspecified atom stereocenters. The SMILES string of the molecule is Cc1ccc(-c2ccn(C(=O)c3cc(Cl)cc(Cl)c3)n2)cc1.